The van der Waals surface area contributed by atoms with Crippen molar-refractivity contribution < 1.29 is 22.4 Å². The zero-order valence-corrected chi connectivity index (χ0v) is 10.1. The quantitative estimate of drug-likeness (QED) is 0.427. The van der Waals surface area contributed by atoms with E-state index in [0.717, 1.165) is 0 Å². The van der Waals surface area contributed by atoms with Gasteiger partial charge >= 0.3 is 6.18 Å². The first kappa shape index (κ1) is 14.5. The number of rotatable bonds is 1. The standard InChI is InChI=1S/C9H3Cl3F4O/c10-8(11,12)7(17)4-1-5(9(14,15)16)3-6(13)2-4/h1-3H. The normalized spacial score (nSPS) is 12.6. The summed E-state index contributed by atoms with van der Waals surface area (Å²) in [7, 11) is 0. The van der Waals surface area contributed by atoms with Crippen molar-refractivity contribution in [3.8, 4) is 0 Å². The maximum Gasteiger partial charge on any atom is 0.416 e. The van der Waals surface area contributed by atoms with E-state index in [0.29, 0.717) is 12.1 Å². The molecule has 0 saturated heterocycles. The van der Waals surface area contributed by atoms with Gasteiger partial charge in [0.2, 0.25) is 5.78 Å². The van der Waals surface area contributed by atoms with Crippen molar-refractivity contribution in [3.05, 3.63) is 35.1 Å². The van der Waals surface area contributed by atoms with E-state index in [1.807, 2.05) is 0 Å². The average Bonchev–Trinajstić information content (AvgIpc) is 2.12. The summed E-state index contributed by atoms with van der Waals surface area (Å²) in [6.07, 6.45) is -4.79. The molecule has 8 heteroatoms. The summed E-state index contributed by atoms with van der Waals surface area (Å²) in [5.74, 6) is -2.47. The molecule has 17 heavy (non-hydrogen) atoms. The summed E-state index contributed by atoms with van der Waals surface area (Å²) in [4.78, 5) is 11.4. The highest BCUT2D eigenvalue weighted by molar-refractivity contribution is 6.77. The van der Waals surface area contributed by atoms with E-state index in [1.165, 1.54) is 0 Å². The van der Waals surface area contributed by atoms with E-state index in [1.54, 1.807) is 0 Å². The molecule has 1 rings (SSSR count). The van der Waals surface area contributed by atoms with Gasteiger partial charge in [-0.3, -0.25) is 4.79 Å². The number of carbonyl (C=O) groups is 1. The Morgan fingerprint density at radius 1 is 1.06 bits per heavy atom. The van der Waals surface area contributed by atoms with E-state index in [4.69, 9.17) is 34.8 Å². The molecule has 0 saturated carbocycles. The van der Waals surface area contributed by atoms with Gasteiger partial charge in [-0.1, -0.05) is 34.8 Å². The first-order chi connectivity index (χ1) is 7.51. The molecule has 0 heterocycles. The molecule has 1 aromatic carbocycles. The predicted molar refractivity (Wildman–Crippen MR) is 56.0 cm³/mol. The van der Waals surface area contributed by atoms with Crippen LogP contribution in [0, 0.1) is 5.82 Å². The van der Waals surface area contributed by atoms with Crippen LogP contribution in [0.2, 0.25) is 0 Å². The summed E-state index contributed by atoms with van der Waals surface area (Å²) in [6.45, 7) is 0. The molecule has 1 aromatic rings. The van der Waals surface area contributed by atoms with Crippen molar-refractivity contribution >= 4 is 40.6 Å². The van der Waals surface area contributed by atoms with E-state index in [2.05, 4.69) is 0 Å². The molecule has 0 fully saturated rings. The third-order valence-electron chi connectivity index (χ3n) is 1.74. The molecule has 0 atom stereocenters. The van der Waals surface area contributed by atoms with Crippen LogP contribution in [0.1, 0.15) is 15.9 Å². The Balaban J connectivity index is 3.29. The third-order valence-corrected chi connectivity index (χ3v) is 2.26. The predicted octanol–water partition coefficient (Wildman–Crippen LogP) is 4.40. The van der Waals surface area contributed by atoms with Gasteiger partial charge in [0.15, 0.2) is 0 Å². The lowest BCUT2D eigenvalue weighted by Crippen LogP contribution is -2.20. The Labute approximate surface area is 108 Å². The summed E-state index contributed by atoms with van der Waals surface area (Å²) in [5.41, 5.74) is -1.98. The molecular weight excluding hydrogens is 306 g/mol. The molecule has 0 aliphatic carbocycles. The van der Waals surface area contributed by atoms with Crippen LogP contribution in [-0.2, 0) is 6.18 Å². The van der Waals surface area contributed by atoms with E-state index >= 15 is 0 Å². The number of benzene rings is 1. The minimum atomic E-state index is -4.79. The van der Waals surface area contributed by atoms with Crippen molar-refractivity contribution in [3.63, 3.8) is 0 Å². The molecule has 0 radical (unpaired) electrons. The molecule has 0 bridgehead atoms. The molecule has 0 aromatic heterocycles. The molecule has 0 N–H and O–H groups in total. The van der Waals surface area contributed by atoms with Gasteiger partial charge < -0.3 is 0 Å². The minimum absolute atomic E-state index is 0.245. The number of halogens is 7. The lowest BCUT2D eigenvalue weighted by atomic mass is 10.1. The zero-order chi connectivity index (χ0) is 13.4. The molecule has 0 amide bonds. The van der Waals surface area contributed by atoms with Gasteiger partial charge in [0.05, 0.1) is 5.56 Å². The first-order valence-electron chi connectivity index (χ1n) is 4.01. The van der Waals surface area contributed by atoms with Crippen LogP contribution in [0.25, 0.3) is 0 Å². The second-order valence-electron chi connectivity index (χ2n) is 3.05. The molecule has 94 valence electrons. The van der Waals surface area contributed by atoms with Crippen LogP contribution in [0.5, 0.6) is 0 Å². The fourth-order valence-corrected chi connectivity index (χ4v) is 1.38. The van der Waals surface area contributed by atoms with Crippen LogP contribution >= 0.6 is 34.8 Å². The van der Waals surface area contributed by atoms with Gasteiger partial charge in [-0.05, 0) is 18.2 Å². The number of alkyl halides is 6. The Morgan fingerprint density at radius 2 is 1.59 bits per heavy atom. The average molecular weight is 309 g/mol. The van der Waals surface area contributed by atoms with E-state index in [-0.39, 0.29) is 6.07 Å². The number of hydrogen-bond acceptors (Lipinski definition) is 1. The number of carbonyl (C=O) groups excluding carboxylic acids is 1. The van der Waals surface area contributed by atoms with Crippen molar-refractivity contribution in [2.24, 2.45) is 0 Å². The fourth-order valence-electron chi connectivity index (χ4n) is 1.05. The van der Waals surface area contributed by atoms with Crippen molar-refractivity contribution in [2.45, 2.75) is 9.97 Å². The molecule has 0 aliphatic heterocycles. The van der Waals surface area contributed by atoms with Crippen LogP contribution < -0.4 is 0 Å². The highest BCUT2D eigenvalue weighted by atomic mass is 35.6. The summed E-state index contributed by atoms with van der Waals surface area (Å²) in [6, 6.07) is 1.24. The summed E-state index contributed by atoms with van der Waals surface area (Å²) in [5, 5.41) is 0. The number of Topliss-reactive ketones (excluding diaryl/α,β-unsaturated/α-hetero) is 1. The SMILES string of the molecule is O=C(c1cc(F)cc(C(F)(F)F)c1)C(Cl)(Cl)Cl. The molecule has 0 unspecified atom stereocenters. The summed E-state index contributed by atoms with van der Waals surface area (Å²) < 4.78 is 47.5. The van der Waals surface area contributed by atoms with Gasteiger partial charge in [-0.15, -0.1) is 0 Å². The van der Waals surface area contributed by atoms with E-state index in [9.17, 15) is 22.4 Å². The molecule has 0 spiro atoms. The monoisotopic (exact) mass is 308 g/mol. The van der Waals surface area contributed by atoms with Crippen LogP contribution in [0.4, 0.5) is 17.6 Å². The minimum Gasteiger partial charge on any atom is -0.289 e. The van der Waals surface area contributed by atoms with Crippen LogP contribution in [-0.4, -0.2) is 9.58 Å². The second-order valence-corrected chi connectivity index (χ2v) is 5.33. The van der Waals surface area contributed by atoms with Crippen molar-refractivity contribution in [1.29, 1.82) is 0 Å². The van der Waals surface area contributed by atoms with Gasteiger partial charge in [0.25, 0.3) is 3.79 Å². The maximum atomic E-state index is 12.9. The van der Waals surface area contributed by atoms with E-state index < -0.39 is 32.7 Å². The number of hydrogen-bond donors (Lipinski definition) is 0. The van der Waals surface area contributed by atoms with Crippen molar-refractivity contribution in [1.82, 2.24) is 0 Å². The lowest BCUT2D eigenvalue weighted by Gasteiger charge is -2.12. The first-order valence-corrected chi connectivity index (χ1v) is 5.14. The summed E-state index contributed by atoms with van der Waals surface area (Å²) >= 11 is 15.6. The molecular formula is C9H3Cl3F4O. The number of ketones is 1. The van der Waals surface area contributed by atoms with Crippen molar-refractivity contribution in [2.75, 3.05) is 0 Å². The third kappa shape index (κ3) is 3.72. The van der Waals surface area contributed by atoms with Gasteiger partial charge in [0.1, 0.15) is 5.82 Å². The maximum absolute atomic E-state index is 12.9. The largest absolute Gasteiger partial charge is 0.416 e. The second kappa shape index (κ2) is 4.63. The lowest BCUT2D eigenvalue weighted by molar-refractivity contribution is -0.137. The Morgan fingerprint density at radius 3 is 2.00 bits per heavy atom. The molecule has 1 nitrogen and oxygen atoms in total. The topological polar surface area (TPSA) is 17.1 Å². The Kier molecular flexibility index (Phi) is 3.96. The highest BCUT2D eigenvalue weighted by Gasteiger charge is 2.36. The van der Waals surface area contributed by atoms with Crippen LogP contribution in [0.3, 0.4) is 0 Å². The van der Waals surface area contributed by atoms with Crippen LogP contribution in [0.15, 0.2) is 18.2 Å². The smallest absolute Gasteiger partial charge is 0.289 e. The Hall–Kier alpha value is -0.520. The zero-order valence-electron chi connectivity index (χ0n) is 7.79. The van der Waals surface area contributed by atoms with Gasteiger partial charge in [-0.2, -0.15) is 13.2 Å². The molecule has 0 aliphatic rings. The fraction of sp³-hybridized carbons (Fsp3) is 0.222. The highest BCUT2D eigenvalue weighted by Crippen LogP contribution is 2.34. The van der Waals surface area contributed by atoms with Gasteiger partial charge in [0, 0.05) is 5.56 Å². The Bertz CT molecular complexity index is 451. The van der Waals surface area contributed by atoms with Gasteiger partial charge in [-0.25, -0.2) is 4.39 Å².